The quantitative estimate of drug-likeness (QED) is 0.550. The van der Waals surface area contributed by atoms with E-state index in [1.165, 1.54) is 55.7 Å². The molecule has 154 valence electrons. The first-order valence-electron chi connectivity index (χ1n) is 11.2. The molecular formula is C31H25N. The van der Waals surface area contributed by atoms with Crippen molar-refractivity contribution in [1.29, 1.82) is 0 Å². The lowest BCUT2D eigenvalue weighted by Crippen LogP contribution is -2.06. The predicted octanol–water partition coefficient (Wildman–Crippen LogP) is 7.53. The van der Waals surface area contributed by atoms with Crippen molar-refractivity contribution in [2.24, 2.45) is 0 Å². The lowest BCUT2D eigenvalue weighted by Gasteiger charge is -2.20. The van der Waals surface area contributed by atoms with Crippen molar-refractivity contribution < 1.29 is 0 Å². The molecule has 2 aromatic rings. The molecule has 0 saturated carbocycles. The minimum Gasteiger partial charge on any atom is -0.361 e. The molecule has 32 heavy (non-hydrogen) atoms. The van der Waals surface area contributed by atoms with Crippen molar-refractivity contribution >= 4 is 6.08 Å². The number of benzene rings is 2. The van der Waals surface area contributed by atoms with Crippen LogP contribution in [-0.4, -0.2) is 0 Å². The van der Waals surface area contributed by atoms with Crippen LogP contribution in [0.15, 0.2) is 136 Å². The summed E-state index contributed by atoms with van der Waals surface area (Å²) in [5.41, 5.74) is 14.7. The van der Waals surface area contributed by atoms with E-state index in [0.29, 0.717) is 5.92 Å². The van der Waals surface area contributed by atoms with Crippen molar-refractivity contribution in [1.82, 2.24) is 5.32 Å². The van der Waals surface area contributed by atoms with Crippen LogP contribution in [0.4, 0.5) is 0 Å². The molecule has 0 radical (unpaired) electrons. The van der Waals surface area contributed by atoms with Crippen molar-refractivity contribution in [3.63, 3.8) is 0 Å². The van der Waals surface area contributed by atoms with Gasteiger partial charge in [-0.3, -0.25) is 0 Å². The van der Waals surface area contributed by atoms with Gasteiger partial charge >= 0.3 is 0 Å². The number of rotatable bonds is 3. The zero-order valence-corrected chi connectivity index (χ0v) is 18.4. The number of hydrogen-bond acceptors (Lipinski definition) is 1. The van der Waals surface area contributed by atoms with Crippen LogP contribution in [0.25, 0.3) is 17.2 Å². The Labute approximate surface area is 189 Å². The van der Waals surface area contributed by atoms with Gasteiger partial charge in [-0.2, -0.15) is 0 Å². The minimum atomic E-state index is 0.303. The maximum Gasteiger partial charge on any atom is 0.0453 e. The van der Waals surface area contributed by atoms with Crippen LogP contribution in [-0.2, 0) is 0 Å². The number of fused-ring (bicyclic) bond motifs is 2. The number of allylic oxidation sites excluding steroid dienone is 12. The normalized spacial score (nSPS) is 20.7. The Kier molecular flexibility index (Phi) is 4.36. The van der Waals surface area contributed by atoms with E-state index in [9.17, 15) is 0 Å². The van der Waals surface area contributed by atoms with Gasteiger partial charge in [-0.15, -0.1) is 0 Å². The Hall–Kier alpha value is -3.84. The van der Waals surface area contributed by atoms with Gasteiger partial charge in [0, 0.05) is 17.8 Å². The summed E-state index contributed by atoms with van der Waals surface area (Å²) in [5, 5.41) is 3.41. The highest BCUT2D eigenvalue weighted by Crippen LogP contribution is 2.52. The highest BCUT2D eigenvalue weighted by atomic mass is 14.9. The predicted molar refractivity (Wildman–Crippen MR) is 135 cm³/mol. The fourth-order valence-corrected chi connectivity index (χ4v) is 5.38. The third-order valence-corrected chi connectivity index (χ3v) is 6.79. The summed E-state index contributed by atoms with van der Waals surface area (Å²) in [6, 6.07) is 17.5. The molecule has 1 aliphatic heterocycles. The highest BCUT2D eigenvalue weighted by molar-refractivity contribution is 5.85. The maximum absolute atomic E-state index is 3.41. The molecule has 1 N–H and O–H groups in total. The van der Waals surface area contributed by atoms with Gasteiger partial charge in [0.2, 0.25) is 0 Å². The summed E-state index contributed by atoms with van der Waals surface area (Å²) < 4.78 is 0. The molecule has 0 fully saturated rings. The molecular weight excluding hydrogens is 386 g/mol. The molecule has 1 heteroatoms. The van der Waals surface area contributed by atoms with E-state index >= 15 is 0 Å². The molecule has 3 aliphatic carbocycles. The van der Waals surface area contributed by atoms with Crippen molar-refractivity contribution in [3.8, 4) is 11.1 Å². The molecule has 4 aliphatic rings. The van der Waals surface area contributed by atoms with Gasteiger partial charge in [0.1, 0.15) is 0 Å². The summed E-state index contributed by atoms with van der Waals surface area (Å²) in [4.78, 5) is 0. The van der Waals surface area contributed by atoms with Gasteiger partial charge in [0.05, 0.1) is 0 Å². The second kappa shape index (κ2) is 7.39. The molecule has 0 aromatic heterocycles. The van der Waals surface area contributed by atoms with Gasteiger partial charge in [0.25, 0.3) is 0 Å². The van der Waals surface area contributed by atoms with Crippen molar-refractivity contribution in [3.05, 3.63) is 148 Å². The van der Waals surface area contributed by atoms with Crippen LogP contribution in [0, 0.1) is 0 Å². The Morgan fingerprint density at radius 1 is 0.750 bits per heavy atom. The monoisotopic (exact) mass is 411 g/mol. The summed E-state index contributed by atoms with van der Waals surface area (Å²) in [7, 11) is 0. The summed E-state index contributed by atoms with van der Waals surface area (Å²) >= 11 is 0. The van der Waals surface area contributed by atoms with E-state index in [-0.39, 0.29) is 0 Å². The van der Waals surface area contributed by atoms with Crippen LogP contribution in [0.3, 0.4) is 0 Å². The van der Waals surface area contributed by atoms with Crippen LogP contribution < -0.4 is 5.32 Å². The second-order valence-corrected chi connectivity index (χ2v) is 8.82. The smallest absolute Gasteiger partial charge is 0.0453 e. The summed E-state index contributed by atoms with van der Waals surface area (Å²) in [5.74, 6) is 0.303. The number of nitrogens with one attached hydrogen (secondary N) is 1. The van der Waals surface area contributed by atoms with Gasteiger partial charge in [-0.25, -0.2) is 0 Å². The lowest BCUT2D eigenvalue weighted by atomic mass is 9.83. The zero-order chi connectivity index (χ0) is 21.7. The first-order valence-corrected chi connectivity index (χ1v) is 11.2. The van der Waals surface area contributed by atoms with Crippen LogP contribution >= 0.6 is 0 Å². The van der Waals surface area contributed by atoms with Crippen LogP contribution in [0.5, 0.6) is 0 Å². The van der Waals surface area contributed by atoms with Gasteiger partial charge in [0.15, 0.2) is 0 Å². The van der Waals surface area contributed by atoms with E-state index in [1.54, 1.807) is 0 Å². The molecule has 0 bridgehead atoms. The first-order chi connectivity index (χ1) is 15.7. The van der Waals surface area contributed by atoms with Gasteiger partial charge < -0.3 is 5.32 Å². The molecule has 2 aromatic carbocycles. The van der Waals surface area contributed by atoms with E-state index in [1.807, 2.05) is 18.4 Å². The fraction of sp³-hybridized carbons (Fsp3) is 0.0968. The number of hydrogen-bond donors (Lipinski definition) is 1. The average molecular weight is 412 g/mol. The maximum atomic E-state index is 3.41. The largest absolute Gasteiger partial charge is 0.361 e. The molecule has 6 rings (SSSR count). The summed E-state index contributed by atoms with van der Waals surface area (Å²) in [6.45, 7) is 4.54. The topological polar surface area (TPSA) is 12.0 Å². The molecule has 1 nitrogen and oxygen atoms in total. The van der Waals surface area contributed by atoms with Gasteiger partial charge in [-0.1, -0.05) is 78.4 Å². The Morgan fingerprint density at radius 3 is 2.50 bits per heavy atom. The van der Waals surface area contributed by atoms with E-state index in [4.69, 9.17) is 0 Å². The van der Waals surface area contributed by atoms with Crippen molar-refractivity contribution in [2.45, 2.75) is 19.8 Å². The molecule has 0 amide bonds. The molecule has 1 atom stereocenters. The standard InChI is InChI=1S/C31H25N/c1-20-16-23-18-24(29-14-7-4-8-15-32-29)19-27(23)31(20)30-21(2)17-28-25(12-9-13-26(28)30)22-10-5-3-6-11-22/h3-19,30,32H,1-2H3. The van der Waals surface area contributed by atoms with Gasteiger partial charge in [-0.05, 0) is 88.3 Å². The van der Waals surface area contributed by atoms with E-state index < -0.39 is 0 Å². The molecule has 1 heterocycles. The van der Waals surface area contributed by atoms with Crippen LogP contribution in [0.2, 0.25) is 0 Å². The lowest BCUT2D eigenvalue weighted by molar-refractivity contribution is 0.955. The second-order valence-electron chi connectivity index (χ2n) is 8.82. The zero-order valence-electron chi connectivity index (χ0n) is 18.4. The first kappa shape index (κ1) is 18.9. The molecule has 0 spiro atoms. The van der Waals surface area contributed by atoms with E-state index in [2.05, 4.69) is 104 Å². The Morgan fingerprint density at radius 2 is 1.62 bits per heavy atom. The Balaban J connectivity index is 1.41. The highest BCUT2D eigenvalue weighted by Gasteiger charge is 2.34. The molecule has 0 saturated heterocycles. The van der Waals surface area contributed by atoms with E-state index in [0.717, 1.165) is 5.70 Å². The third-order valence-electron chi connectivity index (χ3n) is 6.79. The Bertz CT molecular complexity index is 1380. The third kappa shape index (κ3) is 2.93. The minimum absolute atomic E-state index is 0.303. The fourth-order valence-electron chi connectivity index (χ4n) is 5.38. The SMILES string of the molecule is CC1=Cc2c(-c3ccccc3)cccc2C1C1=C(C)C=C2C=C(C3=CC=CC=CN3)C=C21. The summed E-state index contributed by atoms with van der Waals surface area (Å²) in [6.07, 6.45) is 19.7. The average Bonchev–Trinajstić information content (AvgIpc) is 3.35. The van der Waals surface area contributed by atoms with Crippen LogP contribution in [0.1, 0.15) is 30.9 Å². The molecule has 1 unspecified atom stereocenters. The van der Waals surface area contributed by atoms with Crippen molar-refractivity contribution in [2.75, 3.05) is 0 Å².